The van der Waals surface area contributed by atoms with Gasteiger partial charge in [0.1, 0.15) is 5.60 Å². The van der Waals surface area contributed by atoms with E-state index in [1.807, 2.05) is 20.8 Å². The minimum Gasteiger partial charge on any atom is -0.444 e. The molecule has 4 heteroatoms. The molecule has 2 aliphatic carbocycles. The highest BCUT2D eigenvalue weighted by Gasteiger charge is 2.41. The van der Waals surface area contributed by atoms with Crippen LogP contribution in [0, 0.1) is 6.92 Å². The molecule has 0 radical (unpaired) electrons. The van der Waals surface area contributed by atoms with Gasteiger partial charge in [0, 0.05) is 12.6 Å². The number of benzene rings is 1. The fourth-order valence-corrected chi connectivity index (χ4v) is 3.89. The van der Waals surface area contributed by atoms with Gasteiger partial charge in [-0.05, 0) is 76.8 Å². The van der Waals surface area contributed by atoms with E-state index in [9.17, 15) is 4.79 Å². The average Bonchev–Trinajstić information content (AvgIpc) is 2.42. The van der Waals surface area contributed by atoms with Crippen LogP contribution in [0.3, 0.4) is 0 Å². The summed E-state index contributed by atoms with van der Waals surface area (Å²) >= 11 is 0. The Labute approximate surface area is 151 Å². The number of amides is 1. The van der Waals surface area contributed by atoms with E-state index in [0.717, 1.165) is 19.4 Å². The monoisotopic (exact) mass is 344 g/mol. The Kier molecular flexibility index (Phi) is 5.10. The highest BCUT2D eigenvalue weighted by Crippen LogP contribution is 2.39. The van der Waals surface area contributed by atoms with Gasteiger partial charge in [-0.25, -0.2) is 4.79 Å². The number of rotatable bonds is 5. The summed E-state index contributed by atoms with van der Waals surface area (Å²) < 4.78 is 5.43. The maximum atomic E-state index is 12.1. The van der Waals surface area contributed by atoms with Crippen LogP contribution in [0.15, 0.2) is 24.3 Å². The summed E-state index contributed by atoms with van der Waals surface area (Å²) in [5, 5.41) is 6.80. The number of hydrogen-bond donors (Lipinski definition) is 2. The predicted molar refractivity (Wildman–Crippen MR) is 101 cm³/mol. The van der Waals surface area contributed by atoms with Crippen LogP contribution in [0.25, 0.3) is 0 Å². The third-order valence-corrected chi connectivity index (χ3v) is 5.57. The number of ether oxygens (including phenoxy) is 1. The van der Waals surface area contributed by atoms with Crippen LogP contribution in [0.2, 0.25) is 0 Å². The predicted octanol–water partition coefficient (Wildman–Crippen LogP) is 4.28. The van der Waals surface area contributed by atoms with Gasteiger partial charge < -0.3 is 15.4 Å². The van der Waals surface area contributed by atoms with Crippen molar-refractivity contribution >= 4 is 6.09 Å². The summed E-state index contributed by atoms with van der Waals surface area (Å²) in [5.41, 5.74) is 2.33. The lowest BCUT2D eigenvalue weighted by Gasteiger charge is -2.45. The molecular formula is C21H32N2O2. The van der Waals surface area contributed by atoms with Crippen LogP contribution < -0.4 is 10.6 Å². The Morgan fingerprint density at radius 3 is 2.48 bits per heavy atom. The lowest BCUT2D eigenvalue weighted by atomic mass is 9.73. The van der Waals surface area contributed by atoms with Gasteiger partial charge in [-0.2, -0.15) is 0 Å². The van der Waals surface area contributed by atoms with Crippen molar-refractivity contribution in [2.24, 2.45) is 0 Å². The highest BCUT2D eigenvalue weighted by molar-refractivity contribution is 5.69. The van der Waals surface area contributed by atoms with Gasteiger partial charge >= 0.3 is 6.09 Å². The fraction of sp³-hybridized carbons (Fsp3) is 0.667. The van der Waals surface area contributed by atoms with E-state index in [2.05, 4.69) is 41.8 Å². The van der Waals surface area contributed by atoms with Crippen molar-refractivity contribution in [3.05, 3.63) is 35.4 Å². The molecule has 2 fully saturated rings. The summed E-state index contributed by atoms with van der Waals surface area (Å²) in [6.45, 7) is 8.75. The van der Waals surface area contributed by atoms with E-state index in [0.29, 0.717) is 12.0 Å². The minimum absolute atomic E-state index is 0.115. The summed E-state index contributed by atoms with van der Waals surface area (Å²) in [4.78, 5) is 12.1. The number of nitrogens with one attached hydrogen (secondary N) is 2. The number of carbonyl (C=O) groups is 1. The molecule has 0 bridgehead atoms. The maximum absolute atomic E-state index is 12.1. The Hall–Kier alpha value is -1.55. The Morgan fingerprint density at radius 2 is 1.92 bits per heavy atom. The van der Waals surface area contributed by atoms with Gasteiger partial charge in [0.25, 0.3) is 0 Å². The molecule has 2 N–H and O–H groups in total. The summed E-state index contributed by atoms with van der Waals surface area (Å²) in [6.07, 6.45) is 5.33. The number of hydrogen-bond acceptors (Lipinski definition) is 3. The first-order valence-corrected chi connectivity index (χ1v) is 9.56. The molecule has 0 atom stereocenters. The second-order valence-corrected chi connectivity index (χ2v) is 8.86. The van der Waals surface area contributed by atoms with E-state index in [1.54, 1.807) is 0 Å². The molecule has 0 aliphatic heterocycles. The van der Waals surface area contributed by atoms with Gasteiger partial charge in [-0.3, -0.25) is 0 Å². The van der Waals surface area contributed by atoms with Crippen LogP contribution >= 0.6 is 0 Å². The Morgan fingerprint density at radius 1 is 1.24 bits per heavy atom. The molecule has 4 nitrogen and oxygen atoms in total. The summed E-state index contributed by atoms with van der Waals surface area (Å²) in [6, 6.07) is 9.26. The largest absolute Gasteiger partial charge is 0.444 e. The van der Waals surface area contributed by atoms with E-state index < -0.39 is 5.60 Å². The van der Waals surface area contributed by atoms with Crippen LogP contribution in [-0.2, 0) is 4.74 Å². The second-order valence-electron chi connectivity index (χ2n) is 8.86. The number of aryl methyl sites for hydroxylation is 1. The number of alkyl carbamates (subject to hydrolysis) is 1. The lowest BCUT2D eigenvalue weighted by molar-refractivity contribution is 0.0373. The van der Waals surface area contributed by atoms with Crippen molar-refractivity contribution in [3.8, 4) is 0 Å². The molecule has 2 aliphatic rings. The minimum atomic E-state index is -0.447. The first-order valence-electron chi connectivity index (χ1n) is 9.56. The molecule has 0 spiro atoms. The van der Waals surface area contributed by atoms with Crippen molar-refractivity contribution < 1.29 is 9.53 Å². The van der Waals surface area contributed by atoms with Gasteiger partial charge in [0.15, 0.2) is 0 Å². The zero-order valence-corrected chi connectivity index (χ0v) is 16.0. The third-order valence-electron chi connectivity index (χ3n) is 5.57. The molecule has 1 amide bonds. The second kappa shape index (κ2) is 6.99. The van der Waals surface area contributed by atoms with E-state index >= 15 is 0 Å². The van der Waals surface area contributed by atoms with E-state index in [1.165, 1.54) is 30.4 Å². The Bertz CT molecular complexity index is 611. The Balaban J connectivity index is 1.45. The molecule has 0 unspecified atom stereocenters. The fourth-order valence-electron chi connectivity index (χ4n) is 3.89. The molecule has 138 valence electrons. The normalized spacial score (nSPS) is 24.8. The zero-order chi connectivity index (χ0) is 18.1. The van der Waals surface area contributed by atoms with Gasteiger partial charge in [0.05, 0.1) is 5.54 Å². The average molecular weight is 344 g/mol. The van der Waals surface area contributed by atoms with Crippen LogP contribution in [0.5, 0.6) is 0 Å². The number of carbonyl (C=O) groups excluding carboxylic acids is 1. The van der Waals surface area contributed by atoms with Gasteiger partial charge in [-0.1, -0.05) is 24.3 Å². The zero-order valence-electron chi connectivity index (χ0n) is 16.0. The quantitative estimate of drug-likeness (QED) is 0.838. The topological polar surface area (TPSA) is 50.4 Å². The van der Waals surface area contributed by atoms with Gasteiger partial charge in [-0.15, -0.1) is 0 Å². The summed E-state index contributed by atoms with van der Waals surface area (Å²) in [5.74, 6) is 0.676. The van der Waals surface area contributed by atoms with Crippen molar-refractivity contribution in [1.82, 2.24) is 10.6 Å². The molecule has 25 heavy (non-hydrogen) atoms. The van der Waals surface area contributed by atoms with Crippen LogP contribution in [0.1, 0.15) is 69.9 Å². The SMILES string of the molecule is Cc1ccccc1C1CC(NCC2(NC(=O)OC(C)(C)C)CCC2)C1. The maximum Gasteiger partial charge on any atom is 0.408 e. The van der Waals surface area contributed by atoms with Crippen molar-refractivity contribution in [3.63, 3.8) is 0 Å². The molecule has 1 aromatic carbocycles. The molecule has 1 aromatic rings. The van der Waals surface area contributed by atoms with Crippen molar-refractivity contribution in [2.45, 2.75) is 82.9 Å². The lowest BCUT2D eigenvalue weighted by Crippen LogP contribution is -2.61. The van der Waals surface area contributed by atoms with E-state index in [4.69, 9.17) is 4.74 Å². The first kappa shape index (κ1) is 18.2. The molecular weight excluding hydrogens is 312 g/mol. The standard InChI is InChI=1S/C21H32N2O2/c1-15-8-5-6-9-18(15)16-12-17(13-16)22-14-21(10-7-11-21)23-19(24)25-20(2,3)4/h5-6,8-9,16-17,22H,7,10-14H2,1-4H3,(H,23,24). The summed E-state index contributed by atoms with van der Waals surface area (Å²) in [7, 11) is 0. The molecule has 2 saturated carbocycles. The van der Waals surface area contributed by atoms with Gasteiger partial charge in [0.2, 0.25) is 0 Å². The third kappa shape index (κ3) is 4.55. The smallest absolute Gasteiger partial charge is 0.408 e. The first-order chi connectivity index (χ1) is 11.8. The highest BCUT2D eigenvalue weighted by atomic mass is 16.6. The molecule has 0 aromatic heterocycles. The van der Waals surface area contributed by atoms with Crippen LogP contribution in [-0.4, -0.2) is 29.8 Å². The molecule has 3 rings (SSSR count). The van der Waals surface area contributed by atoms with Crippen molar-refractivity contribution in [1.29, 1.82) is 0 Å². The van der Waals surface area contributed by atoms with E-state index in [-0.39, 0.29) is 11.6 Å². The molecule has 0 heterocycles. The molecule has 0 saturated heterocycles. The van der Waals surface area contributed by atoms with Crippen LogP contribution in [0.4, 0.5) is 4.79 Å². The van der Waals surface area contributed by atoms with Crippen molar-refractivity contribution in [2.75, 3.05) is 6.54 Å².